The molecule has 1 fully saturated rings. The molecule has 1 aliphatic rings. The number of piperidine rings is 1. The molecule has 2 N–H and O–H groups in total. The molecule has 0 aliphatic carbocycles. The second kappa shape index (κ2) is 9.75. The lowest BCUT2D eigenvalue weighted by Gasteiger charge is -2.31. The quantitative estimate of drug-likeness (QED) is 0.589. The van der Waals surface area contributed by atoms with E-state index in [9.17, 15) is 9.18 Å². The maximum atomic E-state index is 13.0. The topological polar surface area (TPSA) is 70.2 Å². The molecule has 0 saturated carbocycles. The van der Waals surface area contributed by atoms with Gasteiger partial charge < -0.3 is 15.5 Å². The number of carbonyl (C=O) groups is 1. The summed E-state index contributed by atoms with van der Waals surface area (Å²) in [7, 11) is 0. The fourth-order valence-corrected chi connectivity index (χ4v) is 3.73. The highest BCUT2D eigenvalue weighted by Gasteiger charge is 2.26. The summed E-state index contributed by atoms with van der Waals surface area (Å²) < 4.78 is 13.0. The number of carbonyl (C=O) groups excluding carboxylic acids is 1. The molecule has 0 atom stereocenters. The summed E-state index contributed by atoms with van der Waals surface area (Å²) in [4.78, 5) is 23.6. The van der Waals surface area contributed by atoms with Crippen LogP contribution in [0.4, 0.5) is 21.8 Å². The highest BCUT2D eigenvalue weighted by atomic mass is 35.5. The zero-order chi connectivity index (χ0) is 21.6. The predicted molar refractivity (Wildman–Crippen MR) is 120 cm³/mol. The van der Waals surface area contributed by atoms with Gasteiger partial charge in [0.05, 0.1) is 10.7 Å². The van der Waals surface area contributed by atoms with Crippen molar-refractivity contribution in [1.82, 2.24) is 15.3 Å². The molecule has 0 radical (unpaired) electrons. The van der Waals surface area contributed by atoms with Gasteiger partial charge in [0.2, 0.25) is 11.9 Å². The number of aromatic nitrogens is 2. The Morgan fingerprint density at radius 2 is 1.84 bits per heavy atom. The molecule has 160 valence electrons. The van der Waals surface area contributed by atoms with Crippen LogP contribution < -0.4 is 15.5 Å². The normalized spacial score (nSPS) is 14.3. The predicted octanol–water partition coefficient (Wildman–Crippen LogP) is 4.55. The third-order valence-electron chi connectivity index (χ3n) is 5.31. The van der Waals surface area contributed by atoms with E-state index in [4.69, 9.17) is 11.6 Å². The monoisotopic (exact) mass is 439 g/mol. The van der Waals surface area contributed by atoms with Gasteiger partial charge in [-0.1, -0.05) is 35.9 Å². The van der Waals surface area contributed by atoms with Crippen LogP contribution in [0.2, 0.25) is 5.02 Å². The first-order valence-electron chi connectivity index (χ1n) is 10.2. The number of anilines is 3. The van der Waals surface area contributed by atoms with Gasteiger partial charge in [-0.05, 0) is 48.7 Å². The Morgan fingerprint density at radius 3 is 2.58 bits per heavy atom. The number of para-hydroxylation sites is 1. The second-order valence-electron chi connectivity index (χ2n) is 7.45. The minimum atomic E-state index is -0.282. The molecule has 1 amide bonds. The standard InChI is InChI=1S/C23H23ClFN5O/c24-19-3-1-2-4-20(19)28-21-9-12-26-23(29-21)30-13-10-17(11-14-30)22(31)27-15-16-5-7-18(25)8-6-16/h1-9,12,17H,10-11,13-15H2,(H,27,31)(H,26,28,29). The van der Waals surface area contributed by atoms with E-state index in [1.165, 1.54) is 12.1 Å². The van der Waals surface area contributed by atoms with Gasteiger partial charge in [0.15, 0.2) is 0 Å². The van der Waals surface area contributed by atoms with Crippen LogP contribution in [-0.4, -0.2) is 29.0 Å². The van der Waals surface area contributed by atoms with E-state index in [0.29, 0.717) is 36.4 Å². The lowest BCUT2D eigenvalue weighted by atomic mass is 9.96. The Labute approximate surface area is 185 Å². The average Bonchev–Trinajstić information content (AvgIpc) is 2.80. The molecule has 3 aromatic rings. The average molecular weight is 440 g/mol. The van der Waals surface area contributed by atoms with Crippen molar-refractivity contribution in [2.75, 3.05) is 23.3 Å². The van der Waals surface area contributed by atoms with E-state index in [-0.39, 0.29) is 17.6 Å². The van der Waals surface area contributed by atoms with Gasteiger partial charge in [-0.15, -0.1) is 0 Å². The lowest BCUT2D eigenvalue weighted by Crippen LogP contribution is -2.41. The van der Waals surface area contributed by atoms with Gasteiger partial charge in [0.25, 0.3) is 0 Å². The number of benzene rings is 2. The van der Waals surface area contributed by atoms with Crippen LogP contribution in [-0.2, 0) is 11.3 Å². The second-order valence-corrected chi connectivity index (χ2v) is 7.86. The van der Waals surface area contributed by atoms with Crippen LogP contribution in [0.15, 0.2) is 60.8 Å². The minimum Gasteiger partial charge on any atom is -0.352 e. The Balaban J connectivity index is 1.30. The van der Waals surface area contributed by atoms with Gasteiger partial charge in [-0.25, -0.2) is 9.37 Å². The third kappa shape index (κ3) is 5.49. The van der Waals surface area contributed by atoms with Crippen LogP contribution in [0, 0.1) is 11.7 Å². The van der Waals surface area contributed by atoms with Crippen molar-refractivity contribution < 1.29 is 9.18 Å². The molecule has 1 aliphatic heterocycles. The van der Waals surface area contributed by atoms with E-state index in [2.05, 4.69) is 25.5 Å². The molecule has 0 spiro atoms. The Morgan fingerprint density at radius 1 is 1.10 bits per heavy atom. The number of hydrogen-bond acceptors (Lipinski definition) is 5. The van der Waals surface area contributed by atoms with Crippen LogP contribution in [0.5, 0.6) is 0 Å². The largest absolute Gasteiger partial charge is 0.352 e. The molecule has 2 heterocycles. The molecule has 31 heavy (non-hydrogen) atoms. The molecule has 1 saturated heterocycles. The van der Waals surface area contributed by atoms with Crippen LogP contribution in [0.1, 0.15) is 18.4 Å². The summed E-state index contributed by atoms with van der Waals surface area (Å²) in [6.45, 7) is 1.80. The SMILES string of the molecule is O=C(NCc1ccc(F)cc1)C1CCN(c2nccc(Nc3ccccc3Cl)n2)CC1. The van der Waals surface area contributed by atoms with Crippen LogP contribution >= 0.6 is 11.6 Å². The first-order valence-corrected chi connectivity index (χ1v) is 10.6. The maximum absolute atomic E-state index is 13.0. The van der Waals surface area contributed by atoms with Crippen molar-refractivity contribution in [2.24, 2.45) is 5.92 Å². The van der Waals surface area contributed by atoms with Crippen molar-refractivity contribution in [3.8, 4) is 0 Å². The Bertz CT molecular complexity index is 1040. The molecule has 0 unspecified atom stereocenters. The maximum Gasteiger partial charge on any atom is 0.227 e. The minimum absolute atomic E-state index is 0.0269. The lowest BCUT2D eigenvalue weighted by molar-refractivity contribution is -0.125. The highest BCUT2D eigenvalue weighted by molar-refractivity contribution is 6.33. The number of nitrogens with one attached hydrogen (secondary N) is 2. The van der Waals surface area contributed by atoms with Gasteiger partial charge in [-0.2, -0.15) is 4.98 Å². The van der Waals surface area contributed by atoms with Crippen molar-refractivity contribution >= 4 is 35.0 Å². The molecular weight excluding hydrogens is 417 g/mol. The molecular formula is C23H23ClFN5O. The number of amides is 1. The van der Waals surface area contributed by atoms with Crippen molar-refractivity contribution in [3.05, 3.63) is 77.2 Å². The summed E-state index contributed by atoms with van der Waals surface area (Å²) in [6.07, 6.45) is 3.16. The van der Waals surface area contributed by atoms with Crippen molar-refractivity contribution in [3.63, 3.8) is 0 Å². The number of rotatable bonds is 6. The fourth-order valence-electron chi connectivity index (χ4n) is 3.55. The number of hydrogen-bond donors (Lipinski definition) is 2. The Hall–Kier alpha value is -3.19. The van der Waals surface area contributed by atoms with Crippen LogP contribution in [0.25, 0.3) is 0 Å². The zero-order valence-electron chi connectivity index (χ0n) is 16.9. The van der Waals surface area contributed by atoms with Gasteiger partial charge in [-0.3, -0.25) is 4.79 Å². The summed E-state index contributed by atoms with van der Waals surface area (Å²) in [5.74, 6) is 0.982. The Kier molecular flexibility index (Phi) is 6.62. The summed E-state index contributed by atoms with van der Waals surface area (Å²) >= 11 is 6.21. The van der Waals surface area contributed by atoms with Crippen molar-refractivity contribution in [1.29, 1.82) is 0 Å². The molecule has 1 aromatic heterocycles. The van der Waals surface area contributed by atoms with E-state index < -0.39 is 0 Å². The van der Waals surface area contributed by atoms with Crippen molar-refractivity contribution in [2.45, 2.75) is 19.4 Å². The van der Waals surface area contributed by atoms with E-state index >= 15 is 0 Å². The molecule has 2 aromatic carbocycles. The fraction of sp³-hybridized carbons (Fsp3) is 0.261. The first kappa shape index (κ1) is 21.1. The van der Waals surface area contributed by atoms with Gasteiger partial charge in [0.1, 0.15) is 11.6 Å². The summed E-state index contributed by atoms with van der Waals surface area (Å²) in [5, 5.41) is 6.79. The highest BCUT2D eigenvalue weighted by Crippen LogP contribution is 2.26. The molecule has 4 rings (SSSR count). The zero-order valence-corrected chi connectivity index (χ0v) is 17.6. The van der Waals surface area contributed by atoms with E-state index in [1.54, 1.807) is 24.4 Å². The molecule has 8 heteroatoms. The first-order chi connectivity index (χ1) is 15.1. The number of halogens is 2. The number of nitrogens with zero attached hydrogens (tertiary/aromatic N) is 3. The van der Waals surface area contributed by atoms with E-state index in [0.717, 1.165) is 24.1 Å². The van der Waals surface area contributed by atoms with Gasteiger partial charge in [0, 0.05) is 31.7 Å². The summed E-state index contributed by atoms with van der Waals surface area (Å²) in [5.41, 5.74) is 1.66. The third-order valence-corrected chi connectivity index (χ3v) is 5.64. The molecule has 6 nitrogen and oxygen atoms in total. The molecule has 0 bridgehead atoms. The van der Waals surface area contributed by atoms with E-state index in [1.807, 2.05) is 24.3 Å². The smallest absolute Gasteiger partial charge is 0.227 e. The van der Waals surface area contributed by atoms with Crippen LogP contribution in [0.3, 0.4) is 0 Å². The van der Waals surface area contributed by atoms with Gasteiger partial charge >= 0.3 is 0 Å². The summed E-state index contributed by atoms with van der Waals surface area (Å²) in [6, 6.07) is 15.4.